The first kappa shape index (κ1) is 15.7. The number of amides is 1. The molecule has 0 spiro atoms. The van der Waals surface area contributed by atoms with Gasteiger partial charge < -0.3 is 4.90 Å². The highest BCUT2D eigenvalue weighted by atomic mass is 32.2. The number of hydrogen-bond acceptors (Lipinski definition) is 3. The molecule has 1 fully saturated rings. The maximum Gasteiger partial charge on any atom is 0.274 e. The summed E-state index contributed by atoms with van der Waals surface area (Å²) in [7, 11) is -3.86. The van der Waals surface area contributed by atoms with Crippen LogP contribution in [0.15, 0.2) is 18.2 Å². The maximum absolute atomic E-state index is 13.1. The van der Waals surface area contributed by atoms with Crippen LogP contribution in [0.5, 0.6) is 0 Å². The minimum atomic E-state index is -3.86. The number of nitrogens with zero attached hydrogens (tertiary/aromatic N) is 1. The quantitative estimate of drug-likeness (QED) is 0.839. The fourth-order valence-electron chi connectivity index (χ4n) is 1.98. The van der Waals surface area contributed by atoms with E-state index >= 15 is 0 Å². The second kappa shape index (κ2) is 5.62. The predicted octanol–water partition coefficient (Wildman–Crippen LogP) is 0.381. The van der Waals surface area contributed by atoms with Crippen molar-refractivity contribution in [3.05, 3.63) is 35.1 Å². The van der Waals surface area contributed by atoms with E-state index in [0.29, 0.717) is 0 Å². The summed E-state index contributed by atoms with van der Waals surface area (Å²) < 4.78 is 61.9. The van der Waals surface area contributed by atoms with Crippen molar-refractivity contribution in [2.24, 2.45) is 5.14 Å². The Hall–Kier alpha value is -1.65. The Labute approximate surface area is 118 Å². The molecule has 0 atom stereocenters. The zero-order chi connectivity index (χ0) is 15.8. The number of nitrogens with two attached hydrogens (primary N) is 1. The van der Waals surface area contributed by atoms with Gasteiger partial charge in [-0.25, -0.2) is 18.3 Å². The molecule has 1 heterocycles. The number of likely N-dealkylation sites (tertiary alicyclic amines) is 1. The van der Waals surface area contributed by atoms with E-state index in [1.165, 1.54) is 4.90 Å². The SMILES string of the molecule is NS(=O)(=O)NC1CN(C(=O)c2ccc(F)c(C(F)F)c2)C1. The van der Waals surface area contributed by atoms with E-state index in [4.69, 9.17) is 5.14 Å². The molecule has 0 unspecified atom stereocenters. The lowest BCUT2D eigenvalue weighted by Gasteiger charge is -2.39. The van der Waals surface area contributed by atoms with Crippen LogP contribution in [0.1, 0.15) is 22.3 Å². The third kappa shape index (κ3) is 3.71. The van der Waals surface area contributed by atoms with E-state index in [1.807, 2.05) is 0 Å². The first-order valence-electron chi connectivity index (χ1n) is 5.84. The highest BCUT2D eigenvalue weighted by molar-refractivity contribution is 7.87. The highest BCUT2D eigenvalue weighted by Gasteiger charge is 2.33. The molecule has 116 valence electrons. The second-order valence-corrected chi connectivity index (χ2v) is 5.93. The minimum absolute atomic E-state index is 0.0661. The van der Waals surface area contributed by atoms with Crippen LogP contribution in [-0.2, 0) is 10.2 Å². The smallest absolute Gasteiger partial charge is 0.274 e. The average molecular weight is 323 g/mol. The standard InChI is InChI=1S/C11H12F3N3O3S/c12-9-2-1-6(3-8(9)10(13)14)11(18)17-4-7(5-17)16-21(15,19)20/h1-3,7,10,16H,4-5H2,(H2,15,19,20). The van der Waals surface area contributed by atoms with Gasteiger partial charge in [-0.1, -0.05) is 0 Å². The Morgan fingerprint density at radius 1 is 1.38 bits per heavy atom. The summed E-state index contributed by atoms with van der Waals surface area (Å²) in [5.74, 6) is -1.66. The van der Waals surface area contributed by atoms with E-state index in [2.05, 4.69) is 4.72 Å². The molecule has 1 amide bonds. The van der Waals surface area contributed by atoms with Crippen molar-refractivity contribution < 1.29 is 26.4 Å². The van der Waals surface area contributed by atoms with Crippen LogP contribution in [0.4, 0.5) is 13.2 Å². The molecule has 0 bridgehead atoms. The van der Waals surface area contributed by atoms with Gasteiger partial charge in [0.2, 0.25) is 0 Å². The van der Waals surface area contributed by atoms with Gasteiger partial charge in [-0.05, 0) is 18.2 Å². The van der Waals surface area contributed by atoms with Gasteiger partial charge in [0.05, 0.1) is 11.6 Å². The Balaban J connectivity index is 2.04. The van der Waals surface area contributed by atoms with Crippen molar-refractivity contribution in [2.45, 2.75) is 12.5 Å². The summed E-state index contributed by atoms with van der Waals surface area (Å²) in [6.07, 6.45) is -3.02. The van der Waals surface area contributed by atoms with Gasteiger partial charge in [0.15, 0.2) is 0 Å². The molecule has 21 heavy (non-hydrogen) atoms. The van der Waals surface area contributed by atoms with Gasteiger partial charge in [0.1, 0.15) is 5.82 Å². The Morgan fingerprint density at radius 2 is 2.00 bits per heavy atom. The third-order valence-corrected chi connectivity index (χ3v) is 3.64. The monoisotopic (exact) mass is 323 g/mol. The molecule has 2 rings (SSSR count). The molecular formula is C11H12F3N3O3S. The van der Waals surface area contributed by atoms with Crippen LogP contribution < -0.4 is 9.86 Å². The molecule has 1 aliphatic rings. The van der Waals surface area contributed by atoms with Crippen molar-refractivity contribution in [1.29, 1.82) is 0 Å². The topological polar surface area (TPSA) is 92.5 Å². The summed E-state index contributed by atoms with van der Waals surface area (Å²) in [6, 6.07) is 2.18. The second-order valence-electron chi connectivity index (χ2n) is 4.61. The Morgan fingerprint density at radius 3 is 2.52 bits per heavy atom. The van der Waals surface area contributed by atoms with Gasteiger partial charge >= 0.3 is 0 Å². The van der Waals surface area contributed by atoms with Crippen LogP contribution in [0.25, 0.3) is 0 Å². The molecule has 0 radical (unpaired) electrons. The molecule has 0 saturated carbocycles. The number of halogens is 3. The van der Waals surface area contributed by atoms with Gasteiger partial charge in [0.25, 0.3) is 22.5 Å². The molecule has 1 saturated heterocycles. The molecule has 1 aromatic rings. The summed E-state index contributed by atoms with van der Waals surface area (Å²) >= 11 is 0. The Kier molecular flexibility index (Phi) is 4.21. The minimum Gasteiger partial charge on any atom is -0.335 e. The molecule has 1 aromatic carbocycles. The van der Waals surface area contributed by atoms with Crippen molar-refractivity contribution >= 4 is 16.1 Å². The van der Waals surface area contributed by atoms with Crippen molar-refractivity contribution in [3.8, 4) is 0 Å². The first-order valence-corrected chi connectivity index (χ1v) is 7.39. The van der Waals surface area contributed by atoms with Gasteiger partial charge in [0, 0.05) is 18.7 Å². The van der Waals surface area contributed by atoms with Crippen molar-refractivity contribution in [3.63, 3.8) is 0 Å². The highest BCUT2D eigenvalue weighted by Crippen LogP contribution is 2.24. The Bertz CT molecular complexity index is 660. The van der Waals surface area contributed by atoms with E-state index < -0.39 is 40.0 Å². The molecule has 0 aliphatic carbocycles. The zero-order valence-corrected chi connectivity index (χ0v) is 11.4. The number of alkyl halides is 2. The van der Waals surface area contributed by atoms with Crippen LogP contribution in [0, 0.1) is 5.82 Å². The number of benzene rings is 1. The summed E-state index contributed by atoms with van der Waals surface area (Å²) in [5.41, 5.74) is -0.929. The lowest BCUT2D eigenvalue weighted by atomic mass is 10.1. The van der Waals surface area contributed by atoms with Crippen molar-refractivity contribution in [1.82, 2.24) is 9.62 Å². The number of rotatable bonds is 4. The molecule has 10 heteroatoms. The lowest BCUT2D eigenvalue weighted by Crippen LogP contribution is -2.61. The molecule has 0 aromatic heterocycles. The van der Waals surface area contributed by atoms with Crippen LogP contribution in [0.2, 0.25) is 0 Å². The fraction of sp³-hybridized carbons (Fsp3) is 0.364. The number of hydrogen-bond donors (Lipinski definition) is 2. The number of carbonyl (C=O) groups is 1. The lowest BCUT2D eigenvalue weighted by molar-refractivity contribution is 0.0591. The van der Waals surface area contributed by atoms with Gasteiger partial charge in [-0.3, -0.25) is 4.79 Å². The summed E-state index contributed by atoms with van der Waals surface area (Å²) in [5, 5.41) is 4.78. The zero-order valence-electron chi connectivity index (χ0n) is 10.6. The normalized spacial score (nSPS) is 16.1. The molecule has 3 N–H and O–H groups in total. The number of nitrogens with one attached hydrogen (secondary N) is 1. The molecule has 1 aliphatic heterocycles. The van der Waals surface area contributed by atoms with Gasteiger partial charge in [-0.15, -0.1) is 0 Å². The average Bonchev–Trinajstić information content (AvgIpc) is 2.31. The van der Waals surface area contributed by atoms with Crippen molar-refractivity contribution in [2.75, 3.05) is 13.1 Å². The van der Waals surface area contributed by atoms with E-state index in [0.717, 1.165) is 18.2 Å². The van der Waals surface area contributed by atoms with Gasteiger partial charge in [-0.2, -0.15) is 13.1 Å². The van der Waals surface area contributed by atoms with E-state index in [9.17, 15) is 26.4 Å². The van der Waals surface area contributed by atoms with Crippen LogP contribution in [0.3, 0.4) is 0 Å². The summed E-state index contributed by atoms with van der Waals surface area (Å²) in [6.45, 7) is 0.132. The van der Waals surface area contributed by atoms with Crippen LogP contribution in [-0.4, -0.2) is 38.4 Å². The fourth-order valence-corrected chi connectivity index (χ4v) is 2.59. The van der Waals surface area contributed by atoms with E-state index in [1.54, 1.807) is 0 Å². The maximum atomic E-state index is 13.1. The third-order valence-electron chi connectivity index (χ3n) is 2.98. The molecule has 6 nitrogen and oxygen atoms in total. The van der Waals surface area contributed by atoms with Crippen LogP contribution >= 0.6 is 0 Å². The first-order chi connectivity index (χ1) is 9.67. The largest absolute Gasteiger partial charge is 0.335 e. The number of carbonyl (C=O) groups excluding carboxylic acids is 1. The predicted molar refractivity (Wildman–Crippen MR) is 67.3 cm³/mol. The van der Waals surface area contributed by atoms with E-state index in [-0.39, 0.29) is 18.7 Å². The molecular weight excluding hydrogens is 311 g/mol. The summed E-state index contributed by atoms with van der Waals surface area (Å²) in [4.78, 5) is 13.2.